The molecule has 0 bridgehead atoms. The molecule has 39 heavy (non-hydrogen) atoms. The topological polar surface area (TPSA) is 190 Å². The Morgan fingerprint density at radius 2 is 0.923 bits per heavy atom. The first-order valence-corrected chi connectivity index (χ1v) is 14.8. The van der Waals surface area contributed by atoms with Crippen LogP contribution in [0.25, 0.3) is 0 Å². The molecular weight excluding hydrogens is 502 g/mol. The number of amides is 3. The maximum Gasteiger partial charge on any atom is 0.326 e. The van der Waals surface area contributed by atoms with E-state index in [1.807, 2.05) is 0 Å². The van der Waals surface area contributed by atoms with E-state index in [0.29, 0.717) is 19.3 Å². The number of nitrogens with one attached hydrogen (secondary N) is 1. The molecule has 0 saturated carbocycles. The fourth-order valence-corrected chi connectivity index (χ4v) is 3.49. The third kappa shape index (κ3) is 40.0. The van der Waals surface area contributed by atoms with Gasteiger partial charge in [-0.2, -0.15) is 0 Å². The second-order valence-electron chi connectivity index (χ2n) is 9.82. The molecule has 0 spiro atoms. The molecule has 10 heteroatoms. The van der Waals surface area contributed by atoms with Crippen molar-refractivity contribution in [3.63, 3.8) is 0 Å². The molecule has 0 aliphatic carbocycles. The summed E-state index contributed by atoms with van der Waals surface area (Å²) >= 11 is 0. The lowest BCUT2D eigenvalue weighted by atomic mass is 10.1. The summed E-state index contributed by atoms with van der Waals surface area (Å²) in [5.74, 6) is -2.93. The maximum absolute atomic E-state index is 11.7. The van der Waals surface area contributed by atoms with Gasteiger partial charge in [0.15, 0.2) is 0 Å². The fourth-order valence-electron chi connectivity index (χ4n) is 3.49. The van der Waals surface area contributed by atoms with Crippen molar-refractivity contribution in [1.29, 1.82) is 0 Å². The molecule has 0 aromatic carbocycles. The lowest BCUT2D eigenvalue weighted by Crippen LogP contribution is -2.41. The summed E-state index contributed by atoms with van der Waals surface area (Å²) in [6.45, 7) is 6.39. The van der Waals surface area contributed by atoms with E-state index in [1.165, 1.54) is 38.5 Å². The van der Waals surface area contributed by atoms with Crippen LogP contribution in [0.5, 0.6) is 0 Å². The number of carboxylic acid groups (broad SMARTS) is 2. The van der Waals surface area contributed by atoms with Crippen LogP contribution in [0, 0.1) is 0 Å². The molecule has 10 nitrogen and oxygen atoms in total. The highest BCUT2D eigenvalue weighted by Gasteiger charge is 2.20. The van der Waals surface area contributed by atoms with Crippen molar-refractivity contribution in [2.75, 3.05) is 0 Å². The van der Waals surface area contributed by atoms with Crippen LogP contribution in [0.1, 0.15) is 149 Å². The first kappa shape index (κ1) is 40.8. The zero-order chi connectivity index (χ0) is 30.3. The van der Waals surface area contributed by atoms with E-state index in [9.17, 15) is 24.0 Å². The first-order valence-electron chi connectivity index (χ1n) is 14.8. The number of carboxylic acids is 2. The number of nitrogens with two attached hydrogens (primary N) is 2. The van der Waals surface area contributed by atoms with E-state index in [0.717, 1.165) is 57.8 Å². The fraction of sp³-hybridized carbons (Fsp3) is 0.828. The largest absolute Gasteiger partial charge is 0.481 e. The van der Waals surface area contributed by atoms with Crippen LogP contribution >= 0.6 is 0 Å². The molecule has 0 rings (SSSR count). The zero-order valence-electron chi connectivity index (χ0n) is 24.8. The van der Waals surface area contributed by atoms with Gasteiger partial charge >= 0.3 is 11.9 Å². The van der Waals surface area contributed by atoms with E-state index >= 15 is 0 Å². The van der Waals surface area contributed by atoms with E-state index in [1.54, 1.807) is 0 Å². The molecule has 7 N–H and O–H groups in total. The number of unbranched alkanes of at least 4 members (excludes halogenated alkanes) is 12. The van der Waals surface area contributed by atoms with Crippen LogP contribution in [0.2, 0.25) is 0 Å². The minimum absolute atomic E-state index is 0.0891. The Hall–Kier alpha value is -2.65. The molecule has 0 saturated heterocycles. The molecule has 0 radical (unpaired) electrons. The quantitative estimate of drug-likeness (QED) is 0.103. The molecule has 230 valence electrons. The van der Waals surface area contributed by atoms with Crippen LogP contribution in [0.4, 0.5) is 0 Å². The van der Waals surface area contributed by atoms with Crippen LogP contribution in [0.3, 0.4) is 0 Å². The van der Waals surface area contributed by atoms with Gasteiger partial charge in [-0.3, -0.25) is 19.2 Å². The highest BCUT2D eigenvalue weighted by Crippen LogP contribution is 2.10. The normalized spacial score (nSPS) is 10.7. The Balaban J connectivity index is -0.000000658. The van der Waals surface area contributed by atoms with Gasteiger partial charge < -0.3 is 27.0 Å². The third-order valence-corrected chi connectivity index (χ3v) is 5.84. The van der Waals surface area contributed by atoms with Crippen molar-refractivity contribution < 1.29 is 34.2 Å². The monoisotopic (exact) mass is 559 g/mol. The van der Waals surface area contributed by atoms with Crippen molar-refractivity contribution in [1.82, 2.24) is 5.32 Å². The van der Waals surface area contributed by atoms with Gasteiger partial charge in [0.2, 0.25) is 17.7 Å². The number of rotatable bonds is 23. The number of carbonyl (C=O) groups excluding carboxylic acids is 3. The Bertz CT molecular complexity index is 622. The van der Waals surface area contributed by atoms with Crippen LogP contribution < -0.4 is 16.8 Å². The minimum atomic E-state index is -1.19. The van der Waals surface area contributed by atoms with Crippen LogP contribution in [-0.2, 0) is 24.0 Å². The van der Waals surface area contributed by atoms with Gasteiger partial charge in [0.1, 0.15) is 6.04 Å². The van der Waals surface area contributed by atoms with Crippen molar-refractivity contribution >= 4 is 29.7 Å². The van der Waals surface area contributed by atoms with Gasteiger partial charge in [0.25, 0.3) is 0 Å². The average molecular weight is 560 g/mol. The summed E-state index contributed by atoms with van der Waals surface area (Å²) in [5.41, 5.74) is 9.79. The second-order valence-corrected chi connectivity index (χ2v) is 9.82. The Morgan fingerprint density at radius 1 is 0.564 bits per heavy atom. The van der Waals surface area contributed by atoms with Crippen LogP contribution in [0.15, 0.2) is 0 Å². The molecule has 3 amide bonds. The van der Waals surface area contributed by atoms with Gasteiger partial charge in [0.05, 0.1) is 0 Å². The number of primary amides is 2. The molecule has 0 aliphatic rings. The smallest absolute Gasteiger partial charge is 0.326 e. The predicted octanol–water partition coefficient (Wildman–Crippen LogP) is 5.45. The van der Waals surface area contributed by atoms with Crippen molar-refractivity contribution in [3.8, 4) is 0 Å². The number of aliphatic carboxylic acids is 2. The molecule has 0 heterocycles. The lowest BCUT2D eigenvalue weighted by molar-refractivity contribution is -0.143. The number of hydrogen-bond donors (Lipinski definition) is 5. The summed E-state index contributed by atoms with van der Waals surface area (Å²) in [4.78, 5) is 53.3. The number of hydrogen-bond acceptors (Lipinski definition) is 5. The first-order chi connectivity index (χ1) is 18.5. The second kappa shape index (κ2) is 31.6. The van der Waals surface area contributed by atoms with Gasteiger partial charge in [-0.15, -0.1) is 0 Å². The van der Waals surface area contributed by atoms with Crippen molar-refractivity contribution in [3.05, 3.63) is 0 Å². The molecule has 0 aliphatic heterocycles. The molecule has 1 atom stereocenters. The molecular formula is C29H57N3O7. The zero-order valence-corrected chi connectivity index (χ0v) is 24.8. The highest BCUT2D eigenvalue weighted by molar-refractivity contribution is 5.83. The number of carbonyl (C=O) groups is 5. The van der Waals surface area contributed by atoms with E-state index in [4.69, 9.17) is 21.7 Å². The molecule has 0 fully saturated rings. The SMILES string of the molecule is CCCCCC(N)=O.CCCCCC(N)=O.CCCCCCCCCCCC(=O)NC(CCC(=O)O)C(=O)O. The summed E-state index contributed by atoms with van der Waals surface area (Å²) in [6.07, 6.45) is 17.8. The third-order valence-electron chi connectivity index (χ3n) is 5.84. The predicted molar refractivity (Wildman–Crippen MR) is 155 cm³/mol. The standard InChI is InChI=1S/C17H31NO5.2C6H13NO/c1-2-3-4-5-6-7-8-9-10-11-15(19)18-14(17(22)23)12-13-16(20)21;2*1-2-3-4-5-6(7)8/h14H,2-13H2,1H3,(H,18,19)(H,20,21)(H,22,23);2*2-5H2,1H3,(H2,7,8). The summed E-state index contributed by atoms with van der Waals surface area (Å²) in [7, 11) is 0. The maximum atomic E-state index is 11.7. The van der Waals surface area contributed by atoms with Crippen molar-refractivity contribution in [2.24, 2.45) is 11.5 Å². The Morgan fingerprint density at radius 3 is 1.28 bits per heavy atom. The summed E-state index contributed by atoms with van der Waals surface area (Å²) in [5, 5.41) is 19.9. The van der Waals surface area contributed by atoms with E-state index in [-0.39, 0.29) is 30.6 Å². The van der Waals surface area contributed by atoms with Crippen molar-refractivity contribution in [2.45, 2.75) is 155 Å². The van der Waals surface area contributed by atoms with Crippen LogP contribution in [-0.4, -0.2) is 45.9 Å². The average Bonchev–Trinajstić information content (AvgIpc) is 2.86. The van der Waals surface area contributed by atoms with E-state index in [2.05, 4.69) is 26.1 Å². The van der Waals surface area contributed by atoms with E-state index < -0.39 is 18.0 Å². The Labute approximate surface area is 236 Å². The molecule has 1 unspecified atom stereocenters. The minimum Gasteiger partial charge on any atom is -0.481 e. The van der Waals surface area contributed by atoms with Gasteiger partial charge in [-0.1, -0.05) is 97.8 Å². The highest BCUT2D eigenvalue weighted by atomic mass is 16.4. The summed E-state index contributed by atoms with van der Waals surface area (Å²) < 4.78 is 0. The molecule has 0 aromatic heterocycles. The Kier molecular flexibility index (Phi) is 33.1. The lowest BCUT2D eigenvalue weighted by Gasteiger charge is -2.13. The van der Waals surface area contributed by atoms with Gasteiger partial charge in [-0.25, -0.2) is 4.79 Å². The molecule has 0 aromatic rings. The summed E-state index contributed by atoms with van der Waals surface area (Å²) in [6, 6.07) is -1.11. The van der Waals surface area contributed by atoms with Gasteiger partial charge in [-0.05, 0) is 25.7 Å². The van der Waals surface area contributed by atoms with Gasteiger partial charge in [0, 0.05) is 25.7 Å².